The van der Waals surface area contributed by atoms with E-state index in [1.165, 1.54) is 0 Å². The topological polar surface area (TPSA) is 109 Å². The summed E-state index contributed by atoms with van der Waals surface area (Å²) in [7, 11) is 0. The number of H-pyrrole nitrogens is 1. The first kappa shape index (κ1) is 20.3. The number of amides is 2. The SMILES string of the molecule is CCOC(=O)N1CCC2(CC1)CC(NC(=O)c1cccc3cn[nH]c13)c1ncccc1O2. The van der Waals surface area contributed by atoms with Gasteiger partial charge in [0.25, 0.3) is 5.91 Å². The second-order valence-electron chi connectivity index (χ2n) is 8.23. The van der Waals surface area contributed by atoms with Gasteiger partial charge < -0.3 is 19.7 Å². The number of pyridine rings is 1. The highest BCUT2D eigenvalue weighted by atomic mass is 16.6. The van der Waals surface area contributed by atoms with Crippen molar-refractivity contribution in [1.29, 1.82) is 0 Å². The van der Waals surface area contributed by atoms with Crippen LogP contribution in [0.5, 0.6) is 5.75 Å². The van der Waals surface area contributed by atoms with Gasteiger partial charge in [-0.25, -0.2) is 4.79 Å². The van der Waals surface area contributed by atoms with Gasteiger partial charge in [-0.05, 0) is 25.1 Å². The van der Waals surface area contributed by atoms with Gasteiger partial charge >= 0.3 is 6.09 Å². The van der Waals surface area contributed by atoms with E-state index in [1.54, 1.807) is 30.3 Å². The maximum Gasteiger partial charge on any atom is 0.409 e. The van der Waals surface area contributed by atoms with E-state index in [9.17, 15) is 9.59 Å². The molecular formula is C23H25N5O4. The highest BCUT2D eigenvalue weighted by molar-refractivity contribution is 6.05. The second kappa shape index (κ2) is 8.14. The van der Waals surface area contributed by atoms with Crippen LogP contribution in [0.3, 0.4) is 0 Å². The minimum absolute atomic E-state index is 0.192. The molecule has 1 aromatic carbocycles. The number of aromatic amines is 1. The smallest absolute Gasteiger partial charge is 0.409 e. The van der Waals surface area contributed by atoms with E-state index < -0.39 is 5.60 Å². The lowest BCUT2D eigenvalue weighted by Crippen LogP contribution is -2.53. The van der Waals surface area contributed by atoms with Crippen LogP contribution in [0.15, 0.2) is 42.7 Å². The zero-order chi connectivity index (χ0) is 22.1. The number of benzene rings is 1. The van der Waals surface area contributed by atoms with Crippen LogP contribution < -0.4 is 10.1 Å². The highest BCUT2D eigenvalue weighted by Gasteiger charge is 2.45. The van der Waals surface area contributed by atoms with Crippen LogP contribution in [-0.4, -0.2) is 57.4 Å². The Bertz CT molecular complexity index is 1150. The zero-order valence-corrected chi connectivity index (χ0v) is 17.8. The van der Waals surface area contributed by atoms with E-state index in [4.69, 9.17) is 9.47 Å². The molecule has 0 bridgehead atoms. The Hall–Kier alpha value is -3.62. The summed E-state index contributed by atoms with van der Waals surface area (Å²) in [6.07, 6.45) is 5.00. The number of carbonyl (C=O) groups is 2. The summed E-state index contributed by atoms with van der Waals surface area (Å²) in [5.74, 6) is 0.482. The van der Waals surface area contributed by atoms with Crippen molar-refractivity contribution in [3.63, 3.8) is 0 Å². The third-order valence-corrected chi connectivity index (χ3v) is 6.26. The Balaban J connectivity index is 1.38. The standard InChI is InChI=1S/C23H25N5O4/c1-2-31-22(30)28-11-8-23(9-12-28)13-17(20-18(32-23)7-4-10-24-20)26-21(29)16-6-3-5-15-14-25-27-19(15)16/h3-7,10,14,17H,2,8-9,11-13H2,1H3,(H,25,27)(H,26,29). The molecule has 2 aliphatic rings. The molecule has 5 rings (SSSR count). The minimum Gasteiger partial charge on any atom is -0.485 e. The molecule has 0 aliphatic carbocycles. The fourth-order valence-electron chi connectivity index (χ4n) is 4.63. The molecule has 2 amide bonds. The van der Waals surface area contributed by atoms with Crippen LogP contribution in [0, 0.1) is 0 Å². The molecule has 32 heavy (non-hydrogen) atoms. The molecule has 1 atom stereocenters. The summed E-state index contributed by atoms with van der Waals surface area (Å²) in [6.45, 7) is 3.24. The summed E-state index contributed by atoms with van der Waals surface area (Å²) in [5, 5.41) is 11.0. The predicted octanol–water partition coefficient (Wildman–Crippen LogP) is 3.20. The van der Waals surface area contributed by atoms with E-state index in [2.05, 4.69) is 20.5 Å². The van der Waals surface area contributed by atoms with Crippen molar-refractivity contribution in [3.8, 4) is 5.75 Å². The molecule has 2 N–H and O–H groups in total. The Morgan fingerprint density at radius 3 is 2.94 bits per heavy atom. The largest absolute Gasteiger partial charge is 0.485 e. The van der Waals surface area contributed by atoms with Gasteiger partial charge in [-0.15, -0.1) is 0 Å². The van der Waals surface area contributed by atoms with Gasteiger partial charge in [-0.2, -0.15) is 5.10 Å². The van der Waals surface area contributed by atoms with Crippen molar-refractivity contribution in [2.75, 3.05) is 19.7 Å². The van der Waals surface area contributed by atoms with E-state index in [1.807, 2.05) is 24.3 Å². The molecule has 9 heteroatoms. The van der Waals surface area contributed by atoms with E-state index in [0.29, 0.717) is 55.8 Å². The predicted molar refractivity (Wildman–Crippen MR) is 116 cm³/mol. The average Bonchev–Trinajstić information content (AvgIpc) is 3.28. The van der Waals surface area contributed by atoms with Gasteiger partial charge in [-0.1, -0.05) is 12.1 Å². The molecule has 4 heterocycles. The van der Waals surface area contributed by atoms with Crippen molar-refractivity contribution in [2.45, 2.75) is 37.8 Å². The molecule has 3 aromatic rings. The third-order valence-electron chi connectivity index (χ3n) is 6.26. The van der Waals surface area contributed by atoms with Crippen molar-refractivity contribution in [2.24, 2.45) is 0 Å². The molecule has 1 unspecified atom stereocenters. The number of nitrogens with one attached hydrogen (secondary N) is 2. The van der Waals surface area contributed by atoms with Gasteiger partial charge in [0.05, 0.1) is 29.9 Å². The fraction of sp³-hybridized carbons (Fsp3) is 0.391. The Labute approximate surface area is 185 Å². The minimum atomic E-state index is -0.475. The Morgan fingerprint density at radius 2 is 2.12 bits per heavy atom. The van der Waals surface area contributed by atoms with Crippen molar-refractivity contribution in [3.05, 3.63) is 54.0 Å². The molecule has 0 radical (unpaired) electrons. The fourth-order valence-corrected chi connectivity index (χ4v) is 4.63. The number of hydrogen-bond donors (Lipinski definition) is 2. The molecule has 1 spiro atoms. The molecular weight excluding hydrogens is 410 g/mol. The molecule has 166 valence electrons. The summed E-state index contributed by atoms with van der Waals surface area (Å²) in [4.78, 5) is 31.5. The molecule has 1 fully saturated rings. The number of nitrogens with zero attached hydrogens (tertiary/aromatic N) is 3. The molecule has 2 aromatic heterocycles. The summed E-state index contributed by atoms with van der Waals surface area (Å²) in [5.41, 5.74) is 1.48. The molecule has 1 saturated heterocycles. The number of fused-ring (bicyclic) bond motifs is 2. The normalized spacial score (nSPS) is 19.3. The number of para-hydroxylation sites is 1. The Kier molecular flexibility index (Phi) is 5.16. The number of hydrogen-bond acceptors (Lipinski definition) is 6. The van der Waals surface area contributed by atoms with Crippen LogP contribution in [0.25, 0.3) is 10.9 Å². The van der Waals surface area contributed by atoms with Crippen molar-refractivity contribution < 1.29 is 19.1 Å². The van der Waals surface area contributed by atoms with Gasteiger partial charge in [0.1, 0.15) is 17.0 Å². The van der Waals surface area contributed by atoms with Crippen molar-refractivity contribution in [1.82, 2.24) is 25.4 Å². The average molecular weight is 435 g/mol. The van der Waals surface area contributed by atoms with E-state index in [-0.39, 0.29) is 18.0 Å². The van der Waals surface area contributed by atoms with Gasteiger partial charge in [0.15, 0.2) is 0 Å². The number of aromatic nitrogens is 3. The maximum absolute atomic E-state index is 13.2. The van der Waals surface area contributed by atoms with Crippen LogP contribution in [0.1, 0.15) is 48.3 Å². The van der Waals surface area contributed by atoms with E-state index >= 15 is 0 Å². The van der Waals surface area contributed by atoms with Crippen molar-refractivity contribution >= 4 is 22.9 Å². The Morgan fingerprint density at radius 1 is 1.28 bits per heavy atom. The number of likely N-dealkylation sites (tertiary alicyclic amines) is 1. The summed E-state index contributed by atoms with van der Waals surface area (Å²) in [6, 6.07) is 8.94. The number of carbonyl (C=O) groups excluding carboxylic acids is 2. The molecule has 9 nitrogen and oxygen atoms in total. The van der Waals surface area contributed by atoms with Crippen LogP contribution in [0.4, 0.5) is 4.79 Å². The van der Waals surface area contributed by atoms with Crippen LogP contribution in [0.2, 0.25) is 0 Å². The monoisotopic (exact) mass is 435 g/mol. The van der Waals surface area contributed by atoms with E-state index in [0.717, 1.165) is 11.1 Å². The first-order valence-electron chi connectivity index (χ1n) is 10.9. The molecule has 0 saturated carbocycles. The zero-order valence-electron chi connectivity index (χ0n) is 17.8. The first-order chi connectivity index (χ1) is 15.6. The lowest BCUT2D eigenvalue weighted by molar-refractivity contribution is -0.0244. The maximum atomic E-state index is 13.2. The van der Waals surface area contributed by atoms with Crippen LogP contribution >= 0.6 is 0 Å². The second-order valence-corrected chi connectivity index (χ2v) is 8.23. The number of piperidine rings is 1. The summed E-state index contributed by atoms with van der Waals surface area (Å²) < 4.78 is 11.6. The number of rotatable bonds is 3. The van der Waals surface area contributed by atoms with Gasteiger partial charge in [0.2, 0.25) is 0 Å². The van der Waals surface area contributed by atoms with Gasteiger partial charge in [-0.3, -0.25) is 14.9 Å². The lowest BCUT2D eigenvalue weighted by Gasteiger charge is -2.46. The third kappa shape index (κ3) is 3.63. The number of ether oxygens (including phenoxy) is 2. The first-order valence-corrected chi connectivity index (χ1v) is 10.9. The van der Waals surface area contributed by atoms with Gasteiger partial charge in [0, 0.05) is 43.9 Å². The van der Waals surface area contributed by atoms with Crippen LogP contribution in [-0.2, 0) is 4.74 Å². The lowest BCUT2D eigenvalue weighted by atomic mass is 9.81. The summed E-state index contributed by atoms with van der Waals surface area (Å²) >= 11 is 0. The molecule has 2 aliphatic heterocycles. The highest BCUT2D eigenvalue weighted by Crippen LogP contribution is 2.43. The quantitative estimate of drug-likeness (QED) is 0.654.